The Morgan fingerprint density at radius 2 is 1.92 bits per heavy atom. The molecule has 0 spiro atoms. The molecule has 0 atom stereocenters. The average Bonchev–Trinajstić information content (AvgIpc) is 2.96. The van der Waals surface area contributed by atoms with Crippen LogP contribution in [0.4, 0.5) is 14.5 Å². The summed E-state index contributed by atoms with van der Waals surface area (Å²) in [4.78, 5) is 13.6. The SMILES string of the molecule is CN(C)CC(=O)Nc1cc2c(/C=C/c3ccc(F)cc3)n[nH]c2cc1F. The lowest BCUT2D eigenvalue weighted by Crippen LogP contribution is -2.27. The van der Waals surface area contributed by atoms with Gasteiger partial charge in [-0.05, 0) is 43.9 Å². The van der Waals surface area contributed by atoms with E-state index in [2.05, 4.69) is 15.5 Å². The Morgan fingerprint density at radius 1 is 1.19 bits per heavy atom. The number of hydrogen-bond donors (Lipinski definition) is 2. The van der Waals surface area contributed by atoms with Gasteiger partial charge in [-0.2, -0.15) is 5.10 Å². The highest BCUT2D eigenvalue weighted by Gasteiger charge is 2.12. The van der Waals surface area contributed by atoms with Gasteiger partial charge in [-0.15, -0.1) is 0 Å². The van der Waals surface area contributed by atoms with Crippen molar-refractivity contribution in [2.24, 2.45) is 0 Å². The highest BCUT2D eigenvalue weighted by atomic mass is 19.1. The van der Waals surface area contributed by atoms with E-state index >= 15 is 0 Å². The minimum atomic E-state index is -0.540. The number of carbonyl (C=O) groups excluding carboxylic acids is 1. The Bertz CT molecular complexity index is 962. The van der Waals surface area contributed by atoms with Gasteiger partial charge in [0, 0.05) is 11.5 Å². The summed E-state index contributed by atoms with van der Waals surface area (Å²) in [5.41, 5.74) is 2.02. The minimum absolute atomic E-state index is 0.0992. The first kappa shape index (κ1) is 17.8. The Kier molecular flexibility index (Phi) is 5.09. The molecule has 1 amide bonds. The Morgan fingerprint density at radius 3 is 2.62 bits per heavy atom. The number of carbonyl (C=O) groups is 1. The van der Waals surface area contributed by atoms with Crippen molar-refractivity contribution >= 4 is 34.6 Å². The molecule has 1 aromatic heterocycles. The summed E-state index contributed by atoms with van der Waals surface area (Å²) in [6, 6.07) is 8.88. The molecule has 0 unspecified atom stereocenters. The van der Waals surface area contributed by atoms with Crippen LogP contribution in [0.5, 0.6) is 0 Å². The molecule has 0 fully saturated rings. The third-order valence-corrected chi connectivity index (χ3v) is 3.72. The van der Waals surface area contributed by atoms with E-state index in [0.29, 0.717) is 16.6 Å². The zero-order chi connectivity index (χ0) is 18.7. The van der Waals surface area contributed by atoms with Gasteiger partial charge in [0.2, 0.25) is 5.91 Å². The number of aromatic amines is 1. The van der Waals surface area contributed by atoms with Crippen molar-refractivity contribution in [3.05, 3.63) is 59.3 Å². The molecule has 0 saturated heterocycles. The lowest BCUT2D eigenvalue weighted by atomic mass is 10.1. The van der Waals surface area contributed by atoms with Crippen molar-refractivity contribution in [2.45, 2.75) is 0 Å². The van der Waals surface area contributed by atoms with E-state index in [1.54, 1.807) is 49.3 Å². The highest BCUT2D eigenvalue weighted by Crippen LogP contribution is 2.25. The fourth-order valence-electron chi connectivity index (χ4n) is 2.51. The number of anilines is 1. The van der Waals surface area contributed by atoms with Gasteiger partial charge in [0.1, 0.15) is 11.6 Å². The van der Waals surface area contributed by atoms with E-state index in [9.17, 15) is 13.6 Å². The second-order valence-electron chi connectivity index (χ2n) is 6.16. The lowest BCUT2D eigenvalue weighted by molar-refractivity contribution is -0.116. The molecule has 0 saturated carbocycles. The van der Waals surface area contributed by atoms with Crippen molar-refractivity contribution in [1.82, 2.24) is 15.1 Å². The molecule has 3 aromatic rings. The zero-order valence-electron chi connectivity index (χ0n) is 14.4. The second-order valence-corrected chi connectivity index (χ2v) is 6.16. The van der Waals surface area contributed by atoms with Gasteiger partial charge in [-0.3, -0.25) is 9.89 Å². The first-order valence-corrected chi connectivity index (χ1v) is 7.98. The van der Waals surface area contributed by atoms with Gasteiger partial charge in [-0.25, -0.2) is 8.78 Å². The van der Waals surface area contributed by atoms with E-state index in [0.717, 1.165) is 5.56 Å². The smallest absolute Gasteiger partial charge is 0.238 e. The standard InChI is InChI=1S/C19H18F2N4O/c1-25(2)11-19(26)22-18-9-14-16(23-24-17(14)10-15(18)21)8-5-12-3-6-13(20)7-4-12/h3-10H,11H2,1-2H3,(H,22,26)(H,23,24)/b8-5+. The Hall–Kier alpha value is -3.06. The fourth-order valence-corrected chi connectivity index (χ4v) is 2.51. The topological polar surface area (TPSA) is 61.0 Å². The minimum Gasteiger partial charge on any atom is -0.322 e. The van der Waals surface area contributed by atoms with E-state index < -0.39 is 5.82 Å². The first-order valence-electron chi connectivity index (χ1n) is 7.98. The number of nitrogens with zero attached hydrogens (tertiary/aromatic N) is 2. The third-order valence-electron chi connectivity index (χ3n) is 3.72. The monoisotopic (exact) mass is 356 g/mol. The van der Waals surface area contributed by atoms with Gasteiger partial charge in [0.25, 0.3) is 0 Å². The molecule has 0 bridgehead atoms. The molecule has 0 aliphatic carbocycles. The summed E-state index contributed by atoms with van der Waals surface area (Å²) >= 11 is 0. The van der Waals surface area contributed by atoms with Crippen LogP contribution >= 0.6 is 0 Å². The molecule has 2 aromatic carbocycles. The second kappa shape index (κ2) is 7.45. The van der Waals surface area contributed by atoms with Gasteiger partial charge in [0.15, 0.2) is 0 Å². The van der Waals surface area contributed by atoms with Gasteiger partial charge < -0.3 is 10.2 Å². The number of H-pyrrole nitrogens is 1. The number of rotatable bonds is 5. The predicted molar refractivity (Wildman–Crippen MR) is 98.6 cm³/mol. The Labute approximate surface area is 149 Å². The molecule has 1 heterocycles. The van der Waals surface area contributed by atoms with Crippen molar-refractivity contribution in [2.75, 3.05) is 26.0 Å². The van der Waals surface area contributed by atoms with E-state index in [1.807, 2.05) is 0 Å². The number of amides is 1. The molecule has 5 nitrogen and oxygen atoms in total. The number of hydrogen-bond acceptors (Lipinski definition) is 3. The van der Waals surface area contributed by atoms with Crippen LogP contribution in [-0.4, -0.2) is 41.6 Å². The average molecular weight is 356 g/mol. The molecule has 134 valence electrons. The van der Waals surface area contributed by atoms with Crippen molar-refractivity contribution in [3.63, 3.8) is 0 Å². The predicted octanol–water partition coefficient (Wildman–Crippen LogP) is 3.51. The van der Waals surface area contributed by atoms with Crippen molar-refractivity contribution in [1.29, 1.82) is 0 Å². The molecule has 0 aliphatic heterocycles. The lowest BCUT2D eigenvalue weighted by Gasteiger charge is -2.10. The van der Waals surface area contributed by atoms with E-state index in [1.165, 1.54) is 18.2 Å². The number of likely N-dealkylation sites (N-methyl/N-ethyl adjacent to an activating group) is 1. The maximum atomic E-state index is 14.2. The molecular formula is C19H18F2N4O. The largest absolute Gasteiger partial charge is 0.322 e. The summed E-state index contributed by atoms with van der Waals surface area (Å²) in [6.07, 6.45) is 3.53. The summed E-state index contributed by atoms with van der Waals surface area (Å²) in [5, 5.41) is 10.2. The number of nitrogens with one attached hydrogen (secondary N) is 2. The number of fused-ring (bicyclic) bond motifs is 1. The molecule has 2 N–H and O–H groups in total. The van der Waals surface area contributed by atoms with Gasteiger partial charge in [-0.1, -0.05) is 18.2 Å². The van der Waals surface area contributed by atoms with Crippen LogP contribution in [0.1, 0.15) is 11.3 Å². The van der Waals surface area contributed by atoms with Crippen LogP contribution in [0, 0.1) is 11.6 Å². The maximum absolute atomic E-state index is 14.2. The van der Waals surface area contributed by atoms with Crippen molar-refractivity contribution < 1.29 is 13.6 Å². The molecule has 7 heteroatoms. The van der Waals surface area contributed by atoms with E-state index in [4.69, 9.17) is 0 Å². The quantitative estimate of drug-likeness (QED) is 0.735. The first-order chi connectivity index (χ1) is 12.4. The number of halogens is 2. The van der Waals surface area contributed by atoms with Crippen LogP contribution in [0.3, 0.4) is 0 Å². The molecule has 0 aliphatic rings. The van der Waals surface area contributed by atoms with Crippen LogP contribution < -0.4 is 5.32 Å². The van der Waals surface area contributed by atoms with E-state index in [-0.39, 0.29) is 24.0 Å². The summed E-state index contributed by atoms with van der Waals surface area (Å²) in [7, 11) is 3.51. The number of aromatic nitrogens is 2. The molecular weight excluding hydrogens is 338 g/mol. The maximum Gasteiger partial charge on any atom is 0.238 e. The van der Waals surface area contributed by atoms with Crippen LogP contribution in [0.2, 0.25) is 0 Å². The van der Waals surface area contributed by atoms with Gasteiger partial charge >= 0.3 is 0 Å². The zero-order valence-corrected chi connectivity index (χ0v) is 14.4. The third kappa shape index (κ3) is 4.12. The van der Waals surface area contributed by atoms with Crippen molar-refractivity contribution in [3.8, 4) is 0 Å². The van der Waals surface area contributed by atoms with Crippen LogP contribution in [-0.2, 0) is 4.79 Å². The molecule has 0 radical (unpaired) electrons. The Balaban J connectivity index is 1.89. The number of benzene rings is 2. The molecule has 26 heavy (non-hydrogen) atoms. The normalized spacial score (nSPS) is 11.6. The summed E-state index contributed by atoms with van der Waals surface area (Å²) < 4.78 is 27.1. The fraction of sp³-hybridized carbons (Fsp3) is 0.158. The van der Waals surface area contributed by atoms with Crippen LogP contribution in [0.25, 0.3) is 23.1 Å². The highest BCUT2D eigenvalue weighted by molar-refractivity contribution is 5.97. The van der Waals surface area contributed by atoms with Gasteiger partial charge in [0.05, 0.1) is 23.4 Å². The molecule has 3 rings (SSSR count). The summed E-state index contributed by atoms with van der Waals surface area (Å²) in [5.74, 6) is -1.15. The summed E-state index contributed by atoms with van der Waals surface area (Å²) in [6.45, 7) is 0.153. The van der Waals surface area contributed by atoms with Crippen LogP contribution in [0.15, 0.2) is 36.4 Å².